The Morgan fingerprint density at radius 3 is 2.83 bits per heavy atom. The monoisotopic (exact) mass is 401 g/mol. The molecule has 1 N–H and O–H groups in total. The molecular formula is C25H27N3O2. The zero-order chi connectivity index (χ0) is 20.8. The fourth-order valence-corrected chi connectivity index (χ4v) is 3.90. The number of benzene rings is 2. The van der Waals surface area contributed by atoms with Crippen molar-refractivity contribution < 1.29 is 9.53 Å². The van der Waals surface area contributed by atoms with Gasteiger partial charge in [0, 0.05) is 18.2 Å². The van der Waals surface area contributed by atoms with Crippen molar-refractivity contribution in [3.05, 3.63) is 66.0 Å². The molecule has 0 aliphatic heterocycles. The fraction of sp³-hybridized carbons (Fsp3) is 0.320. The van der Waals surface area contributed by atoms with Crippen molar-refractivity contribution in [1.29, 1.82) is 0 Å². The molecule has 5 nitrogen and oxygen atoms in total. The van der Waals surface area contributed by atoms with Gasteiger partial charge < -0.3 is 10.1 Å². The van der Waals surface area contributed by atoms with Gasteiger partial charge in [0.1, 0.15) is 12.1 Å². The van der Waals surface area contributed by atoms with Crippen LogP contribution in [-0.4, -0.2) is 22.4 Å². The van der Waals surface area contributed by atoms with Gasteiger partial charge in [-0.1, -0.05) is 49.1 Å². The summed E-state index contributed by atoms with van der Waals surface area (Å²) < 4.78 is 6.13. The maximum Gasteiger partial charge on any atom is 0.244 e. The summed E-state index contributed by atoms with van der Waals surface area (Å²) in [6.07, 6.45) is 11.2. The van der Waals surface area contributed by atoms with E-state index in [4.69, 9.17) is 4.74 Å². The largest absolute Gasteiger partial charge is 0.438 e. The molecule has 0 bridgehead atoms. The van der Waals surface area contributed by atoms with E-state index in [1.165, 1.54) is 38.4 Å². The Morgan fingerprint density at radius 2 is 1.97 bits per heavy atom. The van der Waals surface area contributed by atoms with Crippen LogP contribution < -0.4 is 10.1 Å². The van der Waals surface area contributed by atoms with E-state index in [-0.39, 0.29) is 5.91 Å². The molecule has 1 aromatic heterocycles. The van der Waals surface area contributed by atoms with Gasteiger partial charge in [-0.05, 0) is 50.0 Å². The molecule has 0 atom stereocenters. The number of hydrogen-bond acceptors (Lipinski definition) is 4. The fourth-order valence-electron chi connectivity index (χ4n) is 3.90. The van der Waals surface area contributed by atoms with Gasteiger partial charge in [0.05, 0.1) is 10.9 Å². The van der Waals surface area contributed by atoms with E-state index in [1.54, 1.807) is 12.2 Å². The topological polar surface area (TPSA) is 64.1 Å². The van der Waals surface area contributed by atoms with Crippen LogP contribution in [0, 0.1) is 12.8 Å². The first kappa shape index (κ1) is 20.1. The summed E-state index contributed by atoms with van der Waals surface area (Å²) in [5, 5.41) is 3.90. The van der Waals surface area contributed by atoms with Crippen molar-refractivity contribution >= 4 is 22.9 Å². The van der Waals surface area contributed by atoms with Crippen LogP contribution >= 0.6 is 0 Å². The van der Waals surface area contributed by atoms with Crippen molar-refractivity contribution in [3.63, 3.8) is 0 Å². The van der Waals surface area contributed by atoms with E-state index in [2.05, 4.69) is 15.3 Å². The number of hydrogen-bond donors (Lipinski definition) is 1. The minimum absolute atomic E-state index is 0.0708. The summed E-state index contributed by atoms with van der Waals surface area (Å²) >= 11 is 0. The first-order chi connectivity index (χ1) is 14.7. The van der Waals surface area contributed by atoms with Gasteiger partial charge in [0.15, 0.2) is 0 Å². The van der Waals surface area contributed by atoms with E-state index in [9.17, 15) is 4.79 Å². The average Bonchev–Trinajstić information content (AvgIpc) is 2.78. The van der Waals surface area contributed by atoms with Crippen LogP contribution in [-0.2, 0) is 4.79 Å². The second-order valence-electron chi connectivity index (χ2n) is 7.92. The van der Waals surface area contributed by atoms with Gasteiger partial charge in [0.25, 0.3) is 0 Å². The Labute approximate surface area is 177 Å². The lowest BCUT2D eigenvalue weighted by molar-refractivity contribution is -0.116. The number of para-hydroxylation sites is 1. The number of nitrogens with zero attached hydrogens (tertiary/aromatic N) is 2. The smallest absolute Gasteiger partial charge is 0.244 e. The zero-order valence-corrected chi connectivity index (χ0v) is 17.3. The SMILES string of the molecule is Cc1ccc2ncnc(Oc3ccccc3/C=C/C(=O)NCC3CCCCC3)c2c1. The maximum absolute atomic E-state index is 12.3. The van der Waals surface area contributed by atoms with Crippen LogP contribution in [0.15, 0.2) is 54.9 Å². The Kier molecular flexibility index (Phi) is 6.38. The molecule has 2 aromatic carbocycles. The lowest BCUT2D eigenvalue weighted by Gasteiger charge is -2.21. The maximum atomic E-state index is 12.3. The summed E-state index contributed by atoms with van der Waals surface area (Å²) in [5.41, 5.74) is 2.77. The Bertz CT molecular complexity index is 1060. The number of ether oxygens (including phenoxy) is 1. The van der Waals surface area contributed by atoms with Gasteiger partial charge >= 0.3 is 0 Å². The van der Waals surface area contributed by atoms with E-state index in [0.717, 1.165) is 28.6 Å². The second-order valence-corrected chi connectivity index (χ2v) is 7.92. The highest BCUT2D eigenvalue weighted by Crippen LogP contribution is 2.30. The van der Waals surface area contributed by atoms with E-state index in [0.29, 0.717) is 17.5 Å². The molecule has 1 aliphatic carbocycles. The molecule has 4 rings (SSSR count). The molecular weight excluding hydrogens is 374 g/mol. The van der Waals surface area contributed by atoms with E-state index in [1.807, 2.05) is 49.4 Å². The number of carbonyl (C=O) groups excluding carboxylic acids is 1. The molecule has 0 radical (unpaired) electrons. The third kappa shape index (κ3) is 5.03. The van der Waals surface area contributed by atoms with Crippen LogP contribution in [0.4, 0.5) is 0 Å². The number of nitrogens with one attached hydrogen (secondary N) is 1. The molecule has 0 saturated heterocycles. The summed E-state index contributed by atoms with van der Waals surface area (Å²) in [7, 11) is 0. The molecule has 1 saturated carbocycles. The summed E-state index contributed by atoms with van der Waals surface area (Å²) in [6.45, 7) is 2.78. The lowest BCUT2D eigenvalue weighted by Crippen LogP contribution is -2.28. The molecule has 30 heavy (non-hydrogen) atoms. The number of amides is 1. The number of rotatable bonds is 6. The van der Waals surface area contributed by atoms with Crippen molar-refractivity contribution in [2.75, 3.05) is 6.54 Å². The summed E-state index contributed by atoms with van der Waals surface area (Å²) in [5.74, 6) is 1.70. The molecule has 1 aliphatic rings. The Morgan fingerprint density at radius 1 is 1.13 bits per heavy atom. The molecule has 0 spiro atoms. The molecule has 1 heterocycles. The number of aryl methyl sites for hydroxylation is 1. The number of carbonyl (C=O) groups is 1. The van der Waals surface area contributed by atoms with Gasteiger partial charge in [-0.2, -0.15) is 0 Å². The molecule has 1 amide bonds. The Hall–Kier alpha value is -3.21. The second kappa shape index (κ2) is 9.53. The third-order valence-corrected chi connectivity index (χ3v) is 5.58. The van der Waals surface area contributed by atoms with E-state index >= 15 is 0 Å². The number of aromatic nitrogens is 2. The zero-order valence-electron chi connectivity index (χ0n) is 17.3. The highest BCUT2D eigenvalue weighted by atomic mass is 16.5. The summed E-state index contributed by atoms with van der Waals surface area (Å²) in [4.78, 5) is 20.9. The molecule has 154 valence electrons. The van der Waals surface area contributed by atoms with Gasteiger partial charge in [0.2, 0.25) is 11.8 Å². The minimum Gasteiger partial charge on any atom is -0.438 e. The van der Waals surface area contributed by atoms with Crippen molar-refractivity contribution in [3.8, 4) is 11.6 Å². The molecule has 1 fully saturated rings. The van der Waals surface area contributed by atoms with Crippen LogP contribution in [0.1, 0.15) is 43.2 Å². The van der Waals surface area contributed by atoms with Gasteiger partial charge in [-0.25, -0.2) is 9.97 Å². The molecule has 0 unspecified atom stereocenters. The number of fused-ring (bicyclic) bond motifs is 1. The Balaban J connectivity index is 1.47. The predicted molar refractivity (Wildman–Crippen MR) is 119 cm³/mol. The predicted octanol–water partition coefficient (Wildman–Crippen LogP) is 5.44. The summed E-state index contributed by atoms with van der Waals surface area (Å²) in [6, 6.07) is 13.6. The van der Waals surface area contributed by atoms with Crippen LogP contribution in [0.2, 0.25) is 0 Å². The van der Waals surface area contributed by atoms with E-state index < -0.39 is 0 Å². The highest BCUT2D eigenvalue weighted by Gasteiger charge is 2.13. The third-order valence-electron chi connectivity index (χ3n) is 5.58. The van der Waals surface area contributed by atoms with Gasteiger partial charge in [-0.15, -0.1) is 0 Å². The first-order valence-corrected chi connectivity index (χ1v) is 10.6. The minimum atomic E-state index is -0.0708. The molecule has 3 aromatic rings. The van der Waals surface area contributed by atoms with Crippen LogP contribution in [0.5, 0.6) is 11.6 Å². The van der Waals surface area contributed by atoms with Gasteiger partial charge in [-0.3, -0.25) is 4.79 Å². The van der Waals surface area contributed by atoms with Crippen LogP contribution in [0.3, 0.4) is 0 Å². The normalized spacial score (nSPS) is 14.8. The standard InChI is InChI=1S/C25H27N3O2/c1-18-11-13-22-21(15-18)25(28-17-27-22)30-23-10-6-5-9-20(23)12-14-24(29)26-16-19-7-3-2-4-8-19/h5-6,9-15,17,19H,2-4,7-8,16H2,1H3,(H,26,29)/b14-12+. The molecule has 5 heteroatoms. The highest BCUT2D eigenvalue weighted by molar-refractivity contribution is 5.92. The van der Waals surface area contributed by atoms with Crippen LogP contribution in [0.25, 0.3) is 17.0 Å². The van der Waals surface area contributed by atoms with Crippen molar-refractivity contribution in [2.24, 2.45) is 5.92 Å². The van der Waals surface area contributed by atoms with Crippen molar-refractivity contribution in [2.45, 2.75) is 39.0 Å². The van der Waals surface area contributed by atoms with Crippen molar-refractivity contribution in [1.82, 2.24) is 15.3 Å². The average molecular weight is 402 g/mol. The first-order valence-electron chi connectivity index (χ1n) is 10.6. The quantitative estimate of drug-likeness (QED) is 0.559. The lowest BCUT2D eigenvalue weighted by atomic mass is 9.89.